The second kappa shape index (κ2) is 9.31. The lowest BCUT2D eigenvalue weighted by atomic mass is 9.79. The van der Waals surface area contributed by atoms with Gasteiger partial charge in [0.25, 0.3) is 0 Å². The monoisotopic (exact) mass is 421 g/mol. The van der Waals surface area contributed by atoms with E-state index in [-0.39, 0.29) is 5.97 Å². The summed E-state index contributed by atoms with van der Waals surface area (Å²) in [5, 5.41) is 0.603. The fraction of sp³-hybridized carbons (Fsp3) is 0.280. The van der Waals surface area contributed by atoms with Crippen molar-refractivity contribution in [2.75, 3.05) is 7.11 Å². The van der Waals surface area contributed by atoms with Gasteiger partial charge in [0.05, 0.1) is 17.7 Å². The van der Waals surface area contributed by atoms with Crippen molar-refractivity contribution in [1.82, 2.24) is 4.98 Å². The lowest BCUT2D eigenvalue weighted by molar-refractivity contribution is 0.0599. The Bertz CT molecular complexity index is 1050. The van der Waals surface area contributed by atoms with Gasteiger partial charge in [0.15, 0.2) is 0 Å². The minimum atomic E-state index is -0.308. The summed E-state index contributed by atoms with van der Waals surface area (Å²) in [7, 11) is 1.41. The molecule has 2 aromatic carbocycles. The van der Waals surface area contributed by atoms with Gasteiger partial charge in [0, 0.05) is 12.4 Å². The van der Waals surface area contributed by atoms with E-state index in [9.17, 15) is 4.79 Å². The Kier molecular flexibility index (Phi) is 6.34. The van der Waals surface area contributed by atoms with Crippen LogP contribution >= 0.6 is 11.6 Å². The zero-order valence-electron chi connectivity index (χ0n) is 16.9. The van der Waals surface area contributed by atoms with E-state index in [1.807, 2.05) is 30.3 Å². The number of para-hydroxylation sites is 1. The molecule has 0 radical (unpaired) electrons. The zero-order chi connectivity index (χ0) is 20.9. The normalized spacial score (nSPS) is 15.3. The Hall–Kier alpha value is -2.85. The maximum absolute atomic E-state index is 12.0. The number of carbonyl (C=O) groups is 1. The van der Waals surface area contributed by atoms with Crippen LogP contribution in [0.5, 0.6) is 11.5 Å². The van der Waals surface area contributed by atoms with Crippen molar-refractivity contribution < 1.29 is 14.3 Å². The van der Waals surface area contributed by atoms with Crippen LogP contribution in [0.3, 0.4) is 0 Å². The molecule has 1 heterocycles. The molecule has 0 unspecified atom stereocenters. The van der Waals surface area contributed by atoms with E-state index in [0.717, 1.165) is 43.4 Å². The van der Waals surface area contributed by atoms with Gasteiger partial charge in [-0.05, 0) is 85.0 Å². The summed E-state index contributed by atoms with van der Waals surface area (Å²) < 4.78 is 10.9. The lowest BCUT2D eigenvalue weighted by Crippen LogP contribution is -2.12. The number of aryl methyl sites for hydroxylation is 2. The third kappa shape index (κ3) is 4.49. The third-order valence-electron chi connectivity index (χ3n) is 5.69. The number of pyridine rings is 1. The van der Waals surface area contributed by atoms with Crippen LogP contribution in [0.4, 0.5) is 0 Å². The van der Waals surface area contributed by atoms with Gasteiger partial charge in [-0.15, -0.1) is 0 Å². The van der Waals surface area contributed by atoms with Crippen LogP contribution in [-0.2, 0) is 17.6 Å². The average Bonchev–Trinajstić information content (AvgIpc) is 2.78. The molecule has 0 amide bonds. The molecule has 0 saturated carbocycles. The average molecular weight is 422 g/mol. The Morgan fingerprint density at radius 3 is 2.90 bits per heavy atom. The first-order chi connectivity index (χ1) is 14.7. The number of fused-ring (bicyclic) bond motifs is 1. The molecule has 30 heavy (non-hydrogen) atoms. The molecule has 1 aliphatic rings. The van der Waals surface area contributed by atoms with Crippen molar-refractivity contribution in [3.8, 4) is 11.5 Å². The van der Waals surface area contributed by atoms with Gasteiger partial charge >= 0.3 is 5.97 Å². The molecule has 3 aromatic rings. The van der Waals surface area contributed by atoms with E-state index in [2.05, 4.69) is 17.1 Å². The van der Waals surface area contributed by atoms with Crippen molar-refractivity contribution in [2.24, 2.45) is 0 Å². The molecule has 0 spiro atoms. The van der Waals surface area contributed by atoms with Gasteiger partial charge in [0.2, 0.25) is 0 Å². The number of ether oxygens (including phenoxy) is 2. The smallest absolute Gasteiger partial charge is 0.338 e. The number of rotatable bonds is 6. The maximum atomic E-state index is 12.0. The molecule has 1 aromatic heterocycles. The summed E-state index contributed by atoms with van der Waals surface area (Å²) in [4.78, 5) is 16.2. The SMILES string of the molecule is COC(=O)c1ccncc1CC[C@@H]1CCCc2cc(Oc3ccccc3Cl)ccc21. The number of esters is 1. The molecule has 1 aliphatic carbocycles. The quantitative estimate of drug-likeness (QED) is 0.434. The molecule has 5 heteroatoms. The molecule has 0 saturated heterocycles. The Balaban J connectivity index is 1.50. The van der Waals surface area contributed by atoms with E-state index in [0.29, 0.717) is 22.3 Å². The minimum absolute atomic E-state index is 0.308. The largest absolute Gasteiger partial charge is 0.465 e. The number of halogens is 1. The summed E-state index contributed by atoms with van der Waals surface area (Å²) in [6.07, 6.45) is 8.50. The molecule has 0 N–H and O–H groups in total. The van der Waals surface area contributed by atoms with Crippen molar-refractivity contribution in [3.63, 3.8) is 0 Å². The van der Waals surface area contributed by atoms with Gasteiger partial charge in [-0.1, -0.05) is 29.8 Å². The summed E-state index contributed by atoms with van der Waals surface area (Å²) in [5.74, 6) is 1.62. The summed E-state index contributed by atoms with van der Waals surface area (Å²) in [6, 6.07) is 15.6. The van der Waals surface area contributed by atoms with Crippen LogP contribution in [0, 0.1) is 0 Å². The molecule has 4 nitrogen and oxygen atoms in total. The number of hydrogen-bond acceptors (Lipinski definition) is 4. The molecule has 154 valence electrons. The summed E-state index contributed by atoms with van der Waals surface area (Å²) in [5.41, 5.74) is 4.24. The number of benzene rings is 2. The first kappa shape index (κ1) is 20.4. The highest BCUT2D eigenvalue weighted by Gasteiger charge is 2.22. The Morgan fingerprint density at radius 2 is 2.07 bits per heavy atom. The number of hydrogen-bond donors (Lipinski definition) is 0. The van der Waals surface area contributed by atoms with E-state index in [4.69, 9.17) is 21.1 Å². The Morgan fingerprint density at radius 1 is 1.20 bits per heavy atom. The highest BCUT2D eigenvalue weighted by molar-refractivity contribution is 6.32. The van der Waals surface area contributed by atoms with Crippen molar-refractivity contribution in [1.29, 1.82) is 0 Å². The Labute approximate surface area is 181 Å². The van der Waals surface area contributed by atoms with Crippen LogP contribution in [0.25, 0.3) is 0 Å². The first-order valence-electron chi connectivity index (χ1n) is 10.2. The molecule has 1 atom stereocenters. The highest BCUT2D eigenvalue weighted by Crippen LogP contribution is 2.38. The van der Waals surface area contributed by atoms with Crippen molar-refractivity contribution in [2.45, 2.75) is 38.0 Å². The fourth-order valence-electron chi connectivity index (χ4n) is 4.17. The van der Waals surface area contributed by atoms with Crippen molar-refractivity contribution in [3.05, 3.63) is 88.2 Å². The van der Waals surface area contributed by atoms with Gasteiger partial charge in [-0.3, -0.25) is 4.98 Å². The van der Waals surface area contributed by atoms with Crippen LogP contribution in [0.15, 0.2) is 60.9 Å². The van der Waals surface area contributed by atoms with Crippen LogP contribution in [0.1, 0.15) is 52.2 Å². The standard InChI is InChI=1S/C25H24ClNO3/c1-29-25(28)22-13-14-27-16-19(22)10-9-17-5-4-6-18-15-20(11-12-21(17)18)30-24-8-3-2-7-23(24)26/h2-3,7-8,11-17H,4-6,9-10H2,1H3/t17-/m0/s1. The van der Waals surface area contributed by atoms with Gasteiger partial charge in [-0.2, -0.15) is 0 Å². The molecular weight excluding hydrogens is 398 g/mol. The fourth-order valence-corrected chi connectivity index (χ4v) is 4.35. The first-order valence-corrected chi connectivity index (χ1v) is 10.6. The number of nitrogens with zero attached hydrogens (tertiary/aromatic N) is 1. The highest BCUT2D eigenvalue weighted by atomic mass is 35.5. The van der Waals surface area contributed by atoms with E-state index in [1.54, 1.807) is 18.5 Å². The minimum Gasteiger partial charge on any atom is -0.465 e. The van der Waals surface area contributed by atoms with E-state index in [1.165, 1.54) is 18.2 Å². The van der Waals surface area contributed by atoms with E-state index < -0.39 is 0 Å². The molecule has 0 bridgehead atoms. The topological polar surface area (TPSA) is 48.4 Å². The summed E-state index contributed by atoms with van der Waals surface area (Å²) >= 11 is 6.22. The third-order valence-corrected chi connectivity index (χ3v) is 6.00. The number of aromatic nitrogens is 1. The molecular formula is C25H24ClNO3. The predicted molar refractivity (Wildman–Crippen MR) is 118 cm³/mol. The molecule has 0 aliphatic heterocycles. The number of methoxy groups -OCH3 is 1. The molecule has 0 fully saturated rings. The summed E-state index contributed by atoms with van der Waals surface area (Å²) in [6.45, 7) is 0. The van der Waals surface area contributed by atoms with E-state index >= 15 is 0 Å². The van der Waals surface area contributed by atoms with Crippen LogP contribution in [-0.4, -0.2) is 18.1 Å². The number of carbonyl (C=O) groups excluding carboxylic acids is 1. The lowest BCUT2D eigenvalue weighted by Gasteiger charge is -2.26. The maximum Gasteiger partial charge on any atom is 0.338 e. The predicted octanol–water partition coefficient (Wildman–Crippen LogP) is 6.37. The van der Waals surface area contributed by atoms with Gasteiger partial charge in [-0.25, -0.2) is 4.79 Å². The van der Waals surface area contributed by atoms with Crippen LogP contribution < -0.4 is 4.74 Å². The van der Waals surface area contributed by atoms with Gasteiger partial charge < -0.3 is 9.47 Å². The van der Waals surface area contributed by atoms with Crippen LogP contribution in [0.2, 0.25) is 5.02 Å². The second-order valence-electron chi connectivity index (χ2n) is 7.55. The zero-order valence-corrected chi connectivity index (χ0v) is 17.7. The van der Waals surface area contributed by atoms with Crippen molar-refractivity contribution >= 4 is 17.6 Å². The molecule has 4 rings (SSSR count). The van der Waals surface area contributed by atoms with Gasteiger partial charge in [0.1, 0.15) is 11.5 Å². The second-order valence-corrected chi connectivity index (χ2v) is 7.95.